The number of nitrogen functional groups attached to an aromatic ring is 1. The highest BCUT2D eigenvalue weighted by atomic mass is 32.1. The van der Waals surface area contributed by atoms with Crippen molar-refractivity contribution in [3.63, 3.8) is 0 Å². The van der Waals surface area contributed by atoms with Crippen LogP contribution >= 0.6 is 11.3 Å². The minimum atomic E-state index is 0.812. The van der Waals surface area contributed by atoms with Gasteiger partial charge in [0.15, 0.2) is 0 Å². The maximum absolute atomic E-state index is 5.95. The van der Waals surface area contributed by atoms with Crippen molar-refractivity contribution in [2.75, 3.05) is 5.73 Å². The van der Waals surface area contributed by atoms with Crippen LogP contribution in [0.2, 0.25) is 0 Å². The summed E-state index contributed by atoms with van der Waals surface area (Å²) in [5.74, 6) is 0. The molecular weight excluding hydrogens is 310 g/mol. The van der Waals surface area contributed by atoms with Crippen LogP contribution in [-0.2, 0) is 6.42 Å². The fourth-order valence-corrected chi connectivity index (χ4v) is 4.42. The molecule has 3 aromatic carbocycles. The standard InChI is InChI=1S/C22H19NS/c1-2-20-21(16-6-4-3-5-7-16)14-24-22(20)17-9-8-15-10-11-19(23)13-18(15)12-17/h3-14H,2,23H2,1H3. The fourth-order valence-electron chi connectivity index (χ4n) is 3.24. The molecule has 0 aliphatic carbocycles. The predicted octanol–water partition coefficient (Wildman–Crippen LogP) is 6.38. The van der Waals surface area contributed by atoms with Gasteiger partial charge in [0, 0.05) is 10.6 Å². The largest absolute Gasteiger partial charge is 0.399 e. The summed E-state index contributed by atoms with van der Waals surface area (Å²) in [6.45, 7) is 2.23. The first-order valence-corrected chi connectivity index (χ1v) is 9.09. The third-order valence-corrected chi connectivity index (χ3v) is 5.53. The van der Waals surface area contributed by atoms with Crippen molar-refractivity contribution >= 4 is 27.8 Å². The third kappa shape index (κ3) is 2.59. The summed E-state index contributed by atoms with van der Waals surface area (Å²) in [6.07, 6.45) is 1.03. The maximum atomic E-state index is 5.95. The molecule has 4 rings (SSSR count). The van der Waals surface area contributed by atoms with E-state index < -0.39 is 0 Å². The van der Waals surface area contributed by atoms with E-state index in [1.165, 1.54) is 37.9 Å². The van der Waals surface area contributed by atoms with Gasteiger partial charge < -0.3 is 5.73 Å². The summed E-state index contributed by atoms with van der Waals surface area (Å²) in [7, 11) is 0. The second-order valence-electron chi connectivity index (χ2n) is 6.00. The molecule has 0 spiro atoms. The Kier molecular flexibility index (Phi) is 3.83. The Bertz CT molecular complexity index is 999. The Labute approximate surface area is 146 Å². The number of benzene rings is 3. The number of anilines is 1. The Morgan fingerprint density at radius 3 is 2.42 bits per heavy atom. The van der Waals surface area contributed by atoms with Crippen molar-refractivity contribution in [1.82, 2.24) is 0 Å². The Morgan fingerprint density at radius 1 is 0.833 bits per heavy atom. The summed E-state index contributed by atoms with van der Waals surface area (Å²) in [5.41, 5.74) is 12.1. The molecule has 118 valence electrons. The lowest BCUT2D eigenvalue weighted by Crippen LogP contribution is -1.87. The average Bonchev–Trinajstić information content (AvgIpc) is 3.05. The van der Waals surface area contributed by atoms with Gasteiger partial charge in [-0.1, -0.05) is 55.5 Å². The van der Waals surface area contributed by atoms with Crippen molar-refractivity contribution in [2.24, 2.45) is 0 Å². The molecule has 0 aliphatic rings. The second kappa shape index (κ2) is 6.14. The van der Waals surface area contributed by atoms with E-state index in [0.717, 1.165) is 12.1 Å². The SMILES string of the molecule is CCc1c(-c2ccccc2)csc1-c1ccc2ccc(N)cc2c1. The van der Waals surface area contributed by atoms with Gasteiger partial charge in [0.25, 0.3) is 0 Å². The van der Waals surface area contributed by atoms with Crippen molar-refractivity contribution in [3.05, 3.63) is 77.7 Å². The molecule has 0 atom stereocenters. The van der Waals surface area contributed by atoms with E-state index in [0.29, 0.717) is 0 Å². The molecule has 1 heterocycles. The normalized spacial score (nSPS) is 11.0. The molecule has 1 aromatic heterocycles. The van der Waals surface area contributed by atoms with Crippen LogP contribution in [0.25, 0.3) is 32.3 Å². The molecule has 0 bridgehead atoms. The summed E-state index contributed by atoms with van der Waals surface area (Å²) in [4.78, 5) is 1.36. The molecule has 0 radical (unpaired) electrons. The summed E-state index contributed by atoms with van der Waals surface area (Å²) < 4.78 is 0. The van der Waals surface area contributed by atoms with Gasteiger partial charge in [0.2, 0.25) is 0 Å². The van der Waals surface area contributed by atoms with Crippen LogP contribution < -0.4 is 5.73 Å². The van der Waals surface area contributed by atoms with E-state index >= 15 is 0 Å². The summed E-state index contributed by atoms with van der Waals surface area (Å²) >= 11 is 1.83. The Morgan fingerprint density at radius 2 is 1.62 bits per heavy atom. The molecule has 0 unspecified atom stereocenters. The van der Waals surface area contributed by atoms with Crippen molar-refractivity contribution in [1.29, 1.82) is 0 Å². The lowest BCUT2D eigenvalue weighted by atomic mass is 9.97. The van der Waals surface area contributed by atoms with Gasteiger partial charge in [-0.25, -0.2) is 0 Å². The number of hydrogen-bond donors (Lipinski definition) is 1. The topological polar surface area (TPSA) is 26.0 Å². The minimum absolute atomic E-state index is 0.812. The number of nitrogens with two attached hydrogens (primary N) is 1. The van der Waals surface area contributed by atoms with Gasteiger partial charge in [0.05, 0.1) is 0 Å². The van der Waals surface area contributed by atoms with Crippen LogP contribution in [0.1, 0.15) is 12.5 Å². The first kappa shape index (κ1) is 15.0. The maximum Gasteiger partial charge on any atom is 0.0381 e. The smallest absolute Gasteiger partial charge is 0.0381 e. The zero-order valence-electron chi connectivity index (χ0n) is 13.6. The fraction of sp³-hybridized carbons (Fsp3) is 0.0909. The highest BCUT2D eigenvalue weighted by Crippen LogP contribution is 2.39. The van der Waals surface area contributed by atoms with Crippen molar-refractivity contribution < 1.29 is 0 Å². The lowest BCUT2D eigenvalue weighted by molar-refractivity contribution is 1.16. The van der Waals surface area contributed by atoms with E-state index in [9.17, 15) is 0 Å². The van der Waals surface area contributed by atoms with Crippen LogP contribution in [0.4, 0.5) is 5.69 Å². The Balaban J connectivity index is 1.86. The van der Waals surface area contributed by atoms with E-state index in [1.807, 2.05) is 17.4 Å². The van der Waals surface area contributed by atoms with Gasteiger partial charge in [-0.3, -0.25) is 0 Å². The van der Waals surface area contributed by atoms with Crippen molar-refractivity contribution in [2.45, 2.75) is 13.3 Å². The lowest BCUT2D eigenvalue weighted by Gasteiger charge is -2.08. The van der Waals surface area contributed by atoms with Crippen LogP contribution in [0.15, 0.2) is 72.1 Å². The van der Waals surface area contributed by atoms with Crippen LogP contribution in [0.3, 0.4) is 0 Å². The highest BCUT2D eigenvalue weighted by molar-refractivity contribution is 7.14. The van der Waals surface area contributed by atoms with E-state index in [1.54, 1.807) is 0 Å². The molecule has 0 amide bonds. The quantitative estimate of drug-likeness (QED) is 0.434. The predicted molar refractivity (Wildman–Crippen MR) is 106 cm³/mol. The summed E-state index contributed by atoms with van der Waals surface area (Å²) in [5, 5.41) is 4.71. The van der Waals surface area contributed by atoms with Gasteiger partial charge in [-0.2, -0.15) is 0 Å². The molecule has 24 heavy (non-hydrogen) atoms. The molecule has 0 saturated carbocycles. The van der Waals surface area contributed by atoms with Crippen LogP contribution in [0, 0.1) is 0 Å². The first-order chi connectivity index (χ1) is 11.8. The second-order valence-corrected chi connectivity index (χ2v) is 6.88. The monoisotopic (exact) mass is 329 g/mol. The molecular formula is C22H19NS. The van der Waals surface area contributed by atoms with Gasteiger partial charge >= 0.3 is 0 Å². The van der Waals surface area contributed by atoms with Gasteiger partial charge in [-0.05, 0) is 63.0 Å². The number of fused-ring (bicyclic) bond motifs is 1. The molecule has 0 fully saturated rings. The molecule has 4 aromatic rings. The van der Waals surface area contributed by atoms with Crippen molar-refractivity contribution in [3.8, 4) is 21.6 Å². The number of thiophene rings is 1. The zero-order chi connectivity index (χ0) is 16.5. The number of rotatable bonds is 3. The number of hydrogen-bond acceptors (Lipinski definition) is 2. The van der Waals surface area contributed by atoms with E-state index in [4.69, 9.17) is 5.73 Å². The van der Waals surface area contributed by atoms with Gasteiger partial charge in [-0.15, -0.1) is 11.3 Å². The molecule has 1 nitrogen and oxygen atoms in total. The molecule has 0 saturated heterocycles. The molecule has 0 aliphatic heterocycles. The Hall–Kier alpha value is -2.58. The minimum Gasteiger partial charge on any atom is -0.399 e. The zero-order valence-corrected chi connectivity index (χ0v) is 14.4. The van der Waals surface area contributed by atoms with Crippen LogP contribution in [-0.4, -0.2) is 0 Å². The summed E-state index contributed by atoms with van der Waals surface area (Å²) in [6, 6.07) is 23.4. The average molecular weight is 329 g/mol. The first-order valence-electron chi connectivity index (χ1n) is 8.21. The molecule has 2 heteroatoms. The van der Waals surface area contributed by atoms with E-state index in [2.05, 4.69) is 73.0 Å². The molecule has 2 N–H and O–H groups in total. The van der Waals surface area contributed by atoms with Gasteiger partial charge in [0.1, 0.15) is 0 Å². The highest BCUT2D eigenvalue weighted by Gasteiger charge is 2.13. The third-order valence-electron chi connectivity index (χ3n) is 4.46. The van der Waals surface area contributed by atoms with Crippen LogP contribution in [0.5, 0.6) is 0 Å². The van der Waals surface area contributed by atoms with E-state index in [-0.39, 0.29) is 0 Å².